The van der Waals surface area contributed by atoms with Gasteiger partial charge in [0.05, 0.1) is 18.2 Å². The molecule has 1 amide bonds. The summed E-state index contributed by atoms with van der Waals surface area (Å²) >= 11 is 0. The first-order valence-corrected chi connectivity index (χ1v) is 5.02. The van der Waals surface area contributed by atoms with Crippen LogP contribution in [0.3, 0.4) is 0 Å². The Labute approximate surface area is 94.2 Å². The van der Waals surface area contributed by atoms with Crippen molar-refractivity contribution in [3.05, 3.63) is 24.3 Å². The first-order chi connectivity index (χ1) is 7.77. The van der Waals surface area contributed by atoms with Crippen molar-refractivity contribution in [1.29, 1.82) is 0 Å². The molecule has 1 aromatic heterocycles. The van der Waals surface area contributed by atoms with Crippen molar-refractivity contribution in [2.75, 3.05) is 20.3 Å². The molecule has 6 nitrogen and oxygen atoms in total. The largest absolute Gasteiger partial charge is 0.383 e. The Morgan fingerprint density at radius 2 is 2.25 bits per heavy atom. The SMILES string of the molecule is COCC(CCN)NC(=O)c1cncnc1. The number of hydrogen-bond acceptors (Lipinski definition) is 5. The molecule has 0 aliphatic carbocycles. The van der Waals surface area contributed by atoms with Crippen molar-refractivity contribution in [2.24, 2.45) is 5.73 Å². The van der Waals surface area contributed by atoms with E-state index in [1.54, 1.807) is 7.11 Å². The summed E-state index contributed by atoms with van der Waals surface area (Å²) in [7, 11) is 1.58. The molecule has 0 aliphatic rings. The number of rotatable bonds is 6. The molecule has 88 valence electrons. The molecule has 0 saturated heterocycles. The molecule has 1 unspecified atom stereocenters. The van der Waals surface area contributed by atoms with Crippen LogP contribution in [0.1, 0.15) is 16.8 Å². The molecule has 1 atom stereocenters. The van der Waals surface area contributed by atoms with Gasteiger partial charge in [-0.1, -0.05) is 0 Å². The maximum Gasteiger partial charge on any atom is 0.254 e. The molecule has 0 radical (unpaired) electrons. The first-order valence-electron chi connectivity index (χ1n) is 5.02. The zero-order valence-electron chi connectivity index (χ0n) is 9.22. The molecule has 1 rings (SSSR count). The molecule has 16 heavy (non-hydrogen) atoms. The van der Waals surface area contributed by atoms with E-state index in [-0.39, 0.29) is 11.9 Å². The summed E-state index contributed by atoms with van der Waals surface area (Å²) in [6.45, 7) is 0.941. The molecule has 1 aromatic rings. The molecule has 0 fully saturated rings. The monoisotopic (exact) mass is 224 g/mol. The second-order valence-electron chi connectivity index (χ2n) is 3.33. The lowest BCUT2D eigenvalue weighted by molar-refractivity contribution is 0.0892. The predicted octanol–water partition coefficient (Wildman–Crippen LogP) is -0.430. The average Bonchev–Trinajstić information content (AvgIpc) is 2.31. The summed E-state index contributed by atoms with van der Waals surface area (Å²) in [4.78, 5) is 19.3. The number of carbonyl (C=O) groups excluding carboxylic acids is 1. The fourth-order valence-corrected chi connectivity index (χ4v) is 1.28. The Hall–Kier alpha value is -1.53. The molecule has 1 heterocycles. The fraction of sp³-hybridized carbons (Fsp3) is 0.500. The van der Waals surface area contributed by atoms with E-state index < -0.39 is 0 Å². The number of nitrogens with one attached hydrogen (secondary N) is 1. The summed E-state index contributed by atoms with van der Waals surface area (Å²) < 4.78 is 4.99. The molecule has 0 spiro atoms. The van der Waals surface area contributed by atoms with Crippen molar-refractivity contribution < 1.29 is 9.53 Å². The maximum atomic E-state index is 11.7. The zero-order chi connectivity index (χ0) is 11.8. The Morgan fingerprint density at radius 1 is 1.56 bits per heavy atom. The lowest BCUT2D eigenvalue weighted by Crippen LogP contribution is -2.39. The van der Waals surface area contributed by atoms with Crippen LogP contribution in [-0.2, 0) is 4.74 Å². The van der Waals surface area contributed by atoms with Gasteiger partial charge in [-0.05, 0) is 13.0 Å². The van der Waals surface area contributed by atoms with Gasteiger partial charge in [0.1, 0.15) is 6.33 Å². The number of nitrogens with zero attached hydrogens (tertiary/aromatic N) is 2. The van der Waals surface area contributed by atoms with E-state index in [9.17, 15) is 4.79 Å². The highest BCUT2D eigenvalue weighted by molar-refractivity contribution is 5.93. The number of carbonyl (C=O) groups is 1. The topological polar surface area (TPSA) is 90.1 Å². The van der Waals surface area contributed by atoms with Gasteiger partial charge in [0, 0.05) is 19.5 Å². The Bertz CT molecular complexity index is 312. The Morgan fingerprint density at radius 3 is 2.81 bits per heavy atom. The van der Waals surface area contributed by atoms with E-state index in [0.29, 0.717) is 25.1 Å². The summed E-state index contributed by atoms with van der Waals surface area (Å²) in [5.74, 6) is -0.212. The van der Waals surface area contributed by atoms with Crippen molar-refractivity contribution in [2.45, 2.75) is 12.5 Å². The van der Waals surface area contributed by atoms with E-state index in [0.717, 1.165) is 0 Å². The molecular formula is C10H16N4O2. The van der Waals surface area contributed by atoms with Gasteiger partial charge in [0.25, 0.3) is 5.91 Å². The summed E-state index contributed by atoms with van der Waals surface area (Å²) in [5.41, 5.74) is 5.87. The number of nitrogens with two attached hydrogens (primary N) is 1. The highest BCUT2D eigenvalue weighted by atomic mass is 16.5. The Kier molecular flexibility index (Phi) is 5.38. The van der Waals surface area contributed by atoms with Crippen LogP contribution < -0.4 is 11.1 Å². The highest BCUT2D eigenvalue weighted by Gasteiger charge is 2.13. The number of amides is 1. The average molecular weight is 224 g/mol. The lowest BCUT2D eigenvalue weighted by Gasteiger charge is -2.16. The third-order valence-electron chi connectivity index (χ3n) is 2.04. The predicted molar refractivity (Wildman–Crippen MR) is 58.8 cm³/mol. The van der Waals surface area contributed by atoms with Crippen molar-refractivity contribution in [3.63, 3.8) is 0 Å². The zero-order valence-corrected chi connectivity index (χ0v) is 9.22. The van der Waals surface area contributed by atoms with E-state index in [4.69, 9.17) is 10.5 Å². The molecule has 3 N–H and O–H groups in total. The number of aromatic nitrogens is 2. The third kappa shape index (κ3) is 3.92. The molecule has 0 saturated carbocycles. The second kappa shape index (κ2) is 6.86. The molecular weight excluding hydrogens is 208 g/mol. The van der Waals surface area contributed by atoms with E-state index in [2.05, 4.69) is 15.3 Å². The van der Waals surface area contributed by atoms with Gasteiger partial charge < -0.3 is 15.8 Å². The minimum Gasteiger partial charge on any atom is -0.383 e. The molecule has 0 aliphatic heterocycles. The van der Waals surface area contributed by atoms with Crippen molar-refractivity contribution in [3.8, 4) is 0 Å². The van der Waals surface area contributed by atoms with Crippen LogP contribution >= 0.6 is 0 Å². The third-order valence-corrected chi connectivity index (χ3v) is 2.04. The number of methoxy groups -OCH3 is 1. The summed E-state index contributed by atoms with van der Waals surface area (Å²) in [6, 6.07) is -0.0808. The van der Waals surface area contributed by atoms with Gasteiger partial charge in [0.2, 0.25) is 0 Å². The molecule has 0 bridgehead atoms. The quantitative estimate of drug-likeness (QED) is 0.684. The van der Waals surface area contributed by atoms with Gasteiger partial charge in [-0.3, -0.25) is 4.79 Å². The van der Waals surface area contributed by atoms with Crippen LogP contribution in [0.5, 0.6) is 0 Å². The van der Waals surface area contributed by atoms with Gasteiger partial charge in [-0.25, -0.2) is 9.97 Å². The van der Waals surface area contributed by atoms with Gasteiger partial charge >= 0.3 is 0 Å². The van der Waals surface area contributed by atoms with E-state index in [1.807, 2.05) is 0 Å². The maximum absolute atomic E-state index is 11.7. The number of ether oxygens (including phenoxy) is 1. The van der Waals surface area contributed by atoms with E-state index >= 15 is 0 Å². The first kappa shape index (κ1) is 12.5. The number of hydrogen-bond donors (Lipinski definition) is 2. The normalized spacial score (nSPS) is 12.1. The van der Waals surface area contributed by atoms with Crippen LogP contribution in [0.25, 0.3) is 0 Å². The highest BCUT2D eigenvalue weighted by Crippen LogP contribution is 1.97. The summed E-state index contributed by atoms with van der Waals surface area (Å²) in [5, 5.41) is 2.81. The van der Waals surface area contributed by atoms with E-state index in [1.165, 1.54) is 18.7 Å². The van der Waals surface area contributed by atoms with Crippen LogP contribution in [0.15, 0.2) is 18.7 Å². The van der Waals surface area contributed by atoms with Crippen molar-refractivity contribution in [1.82, 2.24) is 15.3 Å². The lowest BCUT2D eigenvalue weighted by atomic mass is 10.2. The van der Waals surface area contributed by atoms with Crippen LogP contribution in [0.4, 0.5) is 0 Å². The minimum absolute atomic E-state index is 0.0808. The summed E-state index contributed by atoms with van der Waals surface area (Å²) in [6.07, 6.45) is 4.99. The van der Waals surface area contributed by atoms with Gasteiger partial charge in [0.15, 0.2) is 0 Å². The van der Waals surface area contributed by atoms with Gasteiger partial charge in [-0.2, -0.15) is 0 Å². The molecule has 6 heteroatoms. The fourth-order valence-electron chi connectivity index (χ4n) is 1.28. The smallest absolute Gasteiger partial charge is 0.254 e. The second-order valence-corrected chi connectivity index (χ2v) is 3.33. The Balaban J connectivity index is 2.54. The van der Waals surface area contributed by atoms with Crippen LogP contribution in [0.2, 0.25) is 0 Å². The standard InChI is InChI=1S/C10H16N4O2/c1-16-6-9(2-3-11)14-10(15)8-4-12-7-13-5-8/h4-5,7,9H,2-3,6,11H2,1H3,(H,14,15). The van der Waals surface area contributed by atoms with Crippen LogP contribution in [0, 0.1) is 0 Å². The molecule has 0 aromatic carbocycles. The minimum atomic E-state index is -0.212. The van der Waals surface area contributed by atoms with Crippen LogP contribution in [-0.4, -0.2) is 42.2 Å². The van der Waals surface area contributed by atoms with Crippen molar-refractivity contribution >= 4 is 5.91 Å². The van der Waals surface area contributed by atoms with Gasteiger partial charge in [-0.15, -0.1) is 0 Å².